The van der Waals surface area contributed by atoms with Gasteiger partial charge in [-0.05, 0) is 56.0 Å². The van der Waals surface area contributed by atoms with Gasteiger partial charge >= 0.3 is 0 Å². The molecule has 144 valence electrons. The summed E-state index contributed by atoms with van der Waals surface area (Å²) in [6.45, 7) is 7.55. The molecular weight excluding hydrogens is 360 g/mol. The van der Waals surface area contributed by atoms with Gasteiger partial charge in [0.15, 0.2) is 5.96 Å². The topological polar surface area (TPSA) is 65.4 Å². The summed E-state index contributed by atoms with van der Waals surface area (Å²) in [5.41, 5.74) is 2.51. The van der Waals surface area contributed by atoms with Gasteiger partial charge in [-0.2, -0.15) is 0 Å². The first-order valence-electron chi connectivity index (χ1n) is 9.47. The first kappa shape index (κ1) is 19.4. The normalized spacial score (nSPS) is 17.2. The van der Waals surface area contributed by atoms with Gasteiger partial charge < -0.3 is 15.5 Å². The average Bonchev–Trinajstić information content (AvgIpc) is 3.12. The molecule has 1 fully saturated rings. The Morgan fingerprint density at radius 2 is 2.26 bits per heavy atom. The molecule has 0 aromatic carbocycles. The molecule has 0 saturated carbocycles. The van der Waals surface area contributed by atoms with Crippen molar-refractivity contribution in [3.63, 3.8) is 0 Å². The summed E-state index contributed by atoms with van der Waals surface area (Å²) in [5, 5.41) is 7.59. The first-order chi connectivity index (χ1) is 13.2. The van der Waals surface area contributed by atoms with E-state index in [-0.39, 0.29) is 0 Å². The van der Waals surface area contributed by atoms with Crippen molar-refractivity contribution in [2.24, 2.45) is 4.99 Å². The third kappa shape index (κ3) is 5.32. The predicted octanol–water partition coefficient (Wildman–Crippen LogP) is 2.81. The van der Waals surface area contributed by atoms with Gasteiger partial charge in [0.05, 0.1) is 5.02 Å². The molecule has 1 atom stereocenters. The standard InChI is InChI=1S/C20H27ClN6/c1-3-23-20(25-11-7-16-6-10-22-13-15(16)2)26-17-8-12-27(14-17)19-18(21)5-4-9-24-19/h4-6,9-10,13,17H,3,7-8,11-12,14H2,1-2H3,(H2,23,25,26). The molecule has 0 aliphatic carbocycles. The second-order valence-electron chi connectivity index (χ2n) is 6.70. The van der Waals surface area contributed by atoms with E-state index >= 15 is 0 Å². The van der Waals surface area contributed by atoms with E-state index in [4.69, 9.17) is 16.6 Å². The van der Waals surface area contributed by atoms with Crippen LogP contribution in [0, 0.1) is 6.92 Å². The molecule has 3 rings (SSSR count). The molecule has 6 nitrogen and oxygen atoms in total. The number of anilines is 1. The second kappa shape index (κ2) is 9.55. The Labute approximate surface area is 166 Å². The van der Waals surface area contributed by atoms with Crippen LogP contribution in [0.15, 0.2) is 41.8 Å². The Morgan fingerprint density at radius 1 is 1.37 bits per heavy atom. The molecule has 0 spiro atoms. The number of guanidine groups is 1. The zero-order valence-electron chi connectivity index (χ0n) is 16.0. The highest BCUT2D eigenvalue weighted by atomic mass is 35.5. The molecule has 2 N–H and O–H groups in total. The molecule has 27 heavy (non-hydrogen) atoms. The smallest absolute Gasteiger partial charge is 0.191 e. The van der Waals surface area contributed by atoms with Gasteiger partial charge in [-0.15, -0.1) is 0 Å². The second-order valence-corrected chi connectivity index (χ2v) is 7.10. The number of aromatic nitrogens is 2. The van der Waals surface area contributed by atoms with Gasteiger partial charge in [-0.3, -0.25) is 9.98 Å². The van der Waals surface area contributed by atoms with Gasteiger partial charge in [0.25, 0.3) is 0 Å². The fourth-order valence-corrected chi connectivity index (χ4v) is 3.51. The molecule has 1 aliphatic rings. The number of pyridine rings is 2. The maximum absolute atomic E-state index is 6.28. The summed E-state index contributed by atoms with van der Waals surface area (Å²) < 4.78 is 0. The van der Waals surface area contributed by atoms with E-state index in [2.05, 4.69) is 45.4 Å². The van der Waals surface area contributed by atoms with E-state index < -0.39 is 0 Å². The van der Waals surface area contributed by atoms with E-state index in [1.807, 2.05) is 24.5 Å². The third-order valence-corrected chi connectivity index (χ3v) is 4.99. The predicted molar refractivity (Wildman–Crippen MR) is 112 cm³/mol. The van der Waals surface area contributed by atoms with E-state index in [0.29, 0.717) is 11.1 Å². The van der Waals surface area contributed by atoms with Gasteiger partial charge in [-0.25, -0.2) is 4.98 Å². The number of aryl methyl sites for hydroxylation is 1. The lowest BCUT2D eigenvalue weighted by Crippen LogP contribution is -2.44. The highest BCUT2D eigenvalue weighted by Crippen LogP contribution is 2.25. The van der Waals surface area contributed by atoms with Crippen LogP contribution in [-0.2, 0) is 6.42 Å². The SMILES string of the molecule is CCNC(=NCCc1ccncc1C)NC1CCN(c2ncccc2Cl)C1. The van der Waals surface area contributed by atoms with Crippen molar-refractivity contribution < 1.29 is 0 Å². The number of aliphatic imine (C=N–C) groups is 1. The maximum atomic E-state index is 6.28. The Balaban J connectivity index is 1.56. The van der Waals surface area contributed by atoms with Crippen LogP contribution in [0.4, 0.5) is 5.82 Å². The van der Waals surface area contributed by atoms with Gasteiger partial charge in [0.1, 0.15) is 5.82 Å². The molecule has 3 heterocycles. The lowest BCUT2D eigenvalue weighted by atomic mass is 10.1. The van der Waals surface area contributed by atoms with Crippen molar-refractivity contribution in [3.8, 4) is 0 Å². The fourth-order valence-electron chi connectivity index (χ4n) is 3.26. The minimum atomic E-state index is 0.323. The quantitative estimate of drug-likeness (QED) is 0.590. The zero-order valence-corrected chi connectivity index (χ0v) is 16.7. The van der Waals surface area contributed by atoms with Crippen molar-refractivity contribution >= 4 is 23.4 Å². The lowest BCUT2D eigenvalue weighted by Gasteiger charge is -2.20. The van der Waals surface area contributed by atoms with Crippen LogP contribution < -0.4 is 15.5 Å². The number of hydrogen-bond acceptors (Lipinski definition) is 4. The molecule has 1 saturated heterocycles. The Kier molecular flexibility index (Phi) is 6.87. The van der Waals surface area contributed by atoms with Crippen LogP contribution in [0.3, 0.4) is 0 Å². The third-order valence-electron chi connectivity index (χ3n) is 4.70. The van der Waals surface area contributed by atoms with Crippen molar-refractivity contribution in [2.75, 3.05) is 31.1 Å². The van der Waals surface area contributed by atoms with Crippen LogP contribution in [-0.4, -0.2) is 48.1 Å². The molecule has 0 radical (unpaired) electrons. The van der Waals surface area contributed by atoms with Gasteiger partial charge in [0.2, 0.25) is 0 Å². The van der Waals surface area contributed by atoms with Gasteiger partial charge in [-0.1, -0.05) is 11.6 Å². The number of hydrogen-bond donors (Lipinski definition) is 2. The van der Waals surface area contributed by atoms with Crippen molar-refractivity contribution in [1.82, 2.24) is 20.6 Å². The first-order valence-corrected chi connectivity index (χ1v) is 9.85. The van der Waals surface area contributed by atoms with Gasteiger partial charge in [0, 0.05) is 50.8 Å². The number of nitrogens with zero attached hydrogens (tertiary/aromatic N) is 4. The Hall–Kier alpha value is -2.34. The molecule has 2 aromatic heterocycles. The van der Waals surface area contributed by atoms with E-state index in [9.17, 15) is 0 Å². The van der Waals surface area contributed by atoms with Crippen LogP contribution >= 0.6 is 11.6 Å². The summed E-state index contributed by atoms with van der Waals surface area (Å²) in [6.07, 6.45) is 7.46. The maximum Gasteiger partial charge on any atom is 0.191 e. The van der Waals surface area contributed by atoms with Crippen molar-refractivity contribution in [2.45, 2.75) is 32.7 Å². The highest BCUT2D eigenvalue weighted by Gasteiger charge is 2.25. The summed E-state index contributed by atoms with van der Waals surface area (Å²) in [6, 6.07) is 6.13. The Bertz CT molecular complexity index is 779. The number of rotatable bonds is 6. The molecule has 7 heteroatoms. The number of halogens is 1. The summed E-state index contributed by atoms with van der Waals surface area (Å²) >= 11 is 6.28. The lowest BCUT2D eigenvalue weighted by molar-refractivity contribution is 0.648. The van der Waals surface area contributed by atoms with Crippen LogP contribution in [0.1, 0.15) is 24.5 Å². The minimum absolute atomic E-state index is 0.323. The zero-order chi connectivity index (χ0) is 19.1. The fraction of sp³-hybridized carbons (Fsp3) is 0.450. The molecule has 1 unspecified atom stereocenters. The Morgan fingerprint density at radius 3 is 3.04 bits per heavy atom. The summed E-state index contributed by atoms with van der Waals surface area (Å²) in [7, 11) is 0. The summed E-state index contributed by atoms with van der Waals surface area (Å²) in [4.78, 5) is 15.5. The van der Waals surface area contributed by atoms with Crippen molar-refractivity contribution in [3.05, 3.63) is 52.9 Å². The molecule has 0 amide bonds. The average molecular weight is 387 g/mol. The van der Waals surface area contributed by atoms with E-state index in [1.165, 1.54) is 11.1 Å². The highest BCUT2D eigenvalue weighted by molar-refractivity contribution is 6.32. The molecule has 0 bridgehead atoms. The monoisotopic (exact) mass is 386 g/mol. The summed E-state index contributed by atoms with van der Waals surface area (Å²) in [5.74, 6) is 1.72. The minimum Gasteiger partial charge on any atom is -0.357 e. The van der Waals surface area contributed by atoms with Crippen LogP contribution in [0.2, 0.25) is 5.02 Å². The van der Waals surface area contributed by atoms with Crippen molar-refractivity contribution in [1.29, 1.82) is 0 Å². The molecule has 2 aromatic rings. The largest absolute Gasteiger partial charge is 0.357 e. The van der Waals surface area contributed by atoms with E-state index in [0.717, 1.165) is 50.8 Å². The van der Waals surface area contributed by atoms with Crippen LogP contribution in [0.5, 0.6) is 0 Å². The number of nitrogens with one attached hydrogen (secondary N) is 2. The van der Waals surface area contributed by atoms with E-state index in [1.54, 1.807) is 6.20 Å². The molecular formula is C20H27ClN6. The molecule has 1 aliphatic heterocycles. The van der Waals surface area contributed by atoms with Crippen LogP contribution in [0.25, 0.3) is 0 Å².